The lowest BCUT2D eigenvalue weighted by Gasteiger charge is -2.12. The van der Waals surface area contributed by atoms with Crippen LogP contribution >= 0.6 is 0 Å². The monoisotopic (exact) mass is 243 g/mol. The molecule has 4 nitrogen and oxygen atoms in total. The van der Waals surface area contributed by atoms with Gasteiger partial charge in [-0.25, -0.2) is 9.97 Å². The van der Waals surface area contributed by atoms with Crippen molar-refractivity contribution >= 4 is 5.82 Å². The lowest BCUT2D eigenvalue weighted by atomic mass is 10.2. The molecule has 1 N–H and O–H groups in total. The van der Waals surface area contributed by atoms with Crippen molar-refractivity contribution in [1.29, 1.82) is 0 Å². The fraction of sp³-hybridized carbons (Fsp3) is 0.286. The summed E-state index contributed by atoms with van der Waals surface area (Å²) in [6.07, 6.45) is 2.33. The van der Waals surface area contributed by atoms with Crippen molar-refractivity contribution < 1.29 is 4.74 Å². The molecule has 0 aliphatic carbocycles. The summed E-state index contributed by atoms with van der Waals surface area (Å²) in [4.78, 5) is 8.40. The van der Waals surface area contributed by atoms with Crippen LogP contribution in [-0.2, 0) is 6.42 Å². The summed E-state index contributed by atoms with van der Waals surface area (Å²) in [6, 6.07) is 7.91. The van der Waals surface area contributed by atoms with E-state index in [1.807, 2.05) is 38.2 Å². The summed E-state index contributed by atoms with van der Waals surface area (Å²) < 4.78 is 5.83. The van der Waals surface area contributed by atoms with Crippen LogP contribution in [0.3, 0.4) is 0 Å². The molecule has 2 rings (SSSR count). The van der Waals surface area contributed by atoms with E-state index in [1.54, 1.807) is 0 Å². The van der Waals surface area contributed by atoms with Crippen LogP contribution in [0.25, 0.3) is 0 Å². The van der Waals surface area contributed by atoms with E-state index in [9.17, 15) is 0 Å². The Labute approximate surface area is 107 Å². The highest BCUT2D eigenvalue weighted by Crippen LogP contribution is 2.27. The van der Waals surface area contributed by atoms with E-state index in [4.69, 9.17) is 4.74 Å². The van der Waals surface area contributed by atoms with E-state index >= 15 is 0 Å². The molecule has 1 aromatic heterocycles. The zero-order valence-corrected chi connectivity index (χ0v) is 10.9. The Kier molecular flexibility index (Phi) is 3.77. The van der Waals surface area contributed by atoms with Gasteiger partial charge in [-0.3, -0.25) is 0 Å². The van der Waals surface area contributed by atoms with Crippen LogP contribution in [0.1, 0.15) is 18.1 Å². The van der Waals surface area contributed by atoms with Gasteiger partial charge in [-0.05, 0) is 31.0 Å². The molecule has 0 radical (unpaired) electrons. The maximum absolute atomic E-state index is 5.83. The van der Waals surface area contributed by atoms with Gasteiger partial charge in [0, 0.05) is 7.05 Å². The molecule has 0 spiro atoms. The number of aromatic nitrogens is 2. The van der Waals surface area contributed by atoms with Crippen LogP contribution in [-0.4, -0.2) is 17.0 Å². The van der Waals surface area contributed by atoms with Gasteiger partial charge in [0.15, 0.2) is 0 Å². The van der Waals surface area contributed by atoms with E-state index < -0.39 is 0 Å². The second kappa shape index (κ2) is 5.49. The molecule has 0 fully saturated rings. The highest BCUT2D eigenvalue weighted by molar-refractivity contribution is 5.49. The Balaban J connectivity index is 2.34. The Morgan fingerprint density at radius 3 is 2.78 bits per heavy atom. The predicted octanol–water partition coefficient (Wildman–Crippen LogP) is 3.18. The molecule has 0 amide bonds. The smallest absolute Gasteiger partial charge is 0.227 e. The van der Waals surface area contributed by atoms with Crippen LogP contribution in [0.5, 0.6) is 11.6 Å². The number of hydrogen-bond acceptors (Lipinski definition) is 4. The van der Waals surface area contributed by atoms with Crippen molar-refractivity contribution in [3.05, 3.63) is 41.7 Å². The average molecular weight is 243 g/mol. The first-order valence-corrected chi connectivity index (χ1v) is 6.00. The zero-order chi connectivity index (χ0) is 13.0. The van der Waals surface area contributed by atoms with Crippen molar-refractivity contribution in [3.8, 4) is 11.6 Å². The van der Waals surface area contributed by atoms with Crippen LogP contribution < -0.4 is 10.1 Å². The standard InChI is InChI=1S/C14H17N3O/c1-4-12-13(15-3)16-9-17-14(12)18-11-7-5-6-10(2)8-11/h5-9H,4H2,1-3H3,(H,15,16,17). The number of nitrogens with one attached hydrogen (secondary N) is 1. The SMILES string of the molecule is CCc1c(NC)ncnc1Oc1cccc(C)c1. The van der Waals surface area contributed by atoms with Crippen molar-refractivity contribution in [2.75, 3.05) is 12.4 Å². The molecule has 18 heavy (non-hydrogen) atoms. The third-order valence-electron chi connectivity index (χ3n) is 2.70. The molecular weight excluding hydrogens is 226 g/mol. The number of benzene rings is 1. The van der Waals surface area contributed by atoms with Gasteiger partial charge in [0.1, 0.15) is 17.9 Å². The molecular formula is C14H17N3O. The minimum atomic E-state index is 0.613. The maximum Gasteiger partial charge on any atom is 0.227 e. The summed E-state index contributed by atoms with van der Waals surface area (Å²) in [5.74, 6) is 2.23. The third kappa shape index (κ3) is 2.59. The minimum Gasteiger partial charge on any atom is -0.439 e. The molecule has 0 saturated heterocycles. The largest absolute Gasteiger partial charge is 0.439 e. The van der Waals surface area contributed by atoms with E-state index in [1.165, 1.54) is 6.33 Å². The van der Waals surface area contributed by atoms with Crippen LogP contribution in [0, 0.1) is 6.92 Å². The fourth-order valence-corrected chi connectivity index (χ4v) is 1.81. The summed E-state index contributed by atoms with van der Waals surface area (Å²) in [7, 11) is 1.85. The quantitative estimate of drug-likeness (QED) is 0.895. The molecule has 1 heterocycles. The van der Waals surface area contributed by atoms with Gasteiger partial charge in [0.05, 0.1) is 5.56 Å². The second-order valence-electron chi connectivity index (χ2n) is 4.03. The van der Waals surface area contributed by atoms with E-state index in [0.717, 1.165) is 29.1 Å². The Hall–Kier alpha value is -2.10. The number of hydrogen-bond donors (Lipinski definition) is 1. The van der Waals surface area contributed by atoms with Crippen molar-refractivity contribution in [3.63, 3.8) is 0 Å². The Morgan fingerprint density at radius 2 is 2.11 bits per heavy atom. The first-order valence-electron chi connectivity index (χ1n) is 6.00. The predicted molar refractivity (Wildman–Crippen MR) is 72.2 cm³/mol. The van der Waals surface area contributed by atoms with Crippen LogP contribution in [0.15, 0.2) is 30.6 Å². The molecule has 4 heteroatoms. The number of aryl methyl sites for hydroxylation is 1. The van der Waals surface area contributed by atoms with Gasteiger partial charge < -0.3 is 10.1 Å². The molecule has 0 saturated carbocycles. The first kappa shape index (κ1) is 12.4. The Morgan fingerprint density at radius 1 is 1.28 bits per heavy atom. The highest BCUT2D eigenvalue weighted by atomic mass is 16.5. The lowest BCUT2D eigenvalue weighted by molar-refractivity contribution is 0.455. The Bertz CT molecular complexity index is 540. The van der Waals surface area contributed by atoms with Crippen molar-refractivity contribution in [2.24, 2.45) is 0 Å². The maximum atomic E-state index is 5.83. The number of ether oxygens (including phenoxy) is 1. The molecule has 94 valence electrons. The normalized spacial score (nSPS) is 10.2. The number of nitrogens with zero attached hydrogens (tertiary/aromatic N) is 2. The van der Waals surface area contributed by atoms with Crippen LogP contribution in [0.4, 0.5) is 5.82 Å². The molecule has 0 unspecified atom stereocenters. The van der Waals surface area contributed by atoms with Gasteiger partial charge in [-0.2, -0.15) is 0 Å². The summed E-state index contributed by atoms with van der Waals surface area (Å²) in [5, 5.41) is 3.05. The molecule has 0 aliphatic heterocycles. The van der Waals surface area contributed by atoms with Gasteiger partial charge in [-0.1, -0.05) is 19.1 Å². The molecule has 0 aliphatic rings. The summed E-state index contributed by atoms with van der Waals surface area (Å²) in [5.41, 5.74) is 2.15. The number of anilines is 1. The topological polar surface area (TPSA) is 47.0 Å². The summed E-state index contributed by atoms with van der Waals surface area (Å²) in [6.45, 7) is 4.09. The van der Waals surface area contributed by atoms with E-state index in [-0.39, 0.29) is 0 Å². The van der Waals surface area contributed by atoms with Crippen LogP contribution in [0.2, 0.25) is 0 Å². The first-order chi connectivity index (χ1) is 8.74. The summed E-state index contributed by atoms with van der Waals surface area (Å²) >= 11 is 0. The van der Waals surface area contributed by atoms with Gasteiger partial charge >= 0.3 is 0 Å². The van der Waals surface area contributed by atoms with Gasteiger partial charge in [0.2, 0.25) is 5.88 Å². The van der Waals surface area contributed by atoms with Gasteiger partial charge in [0.25, 0.3) is 0 Å². The minimum absolute atomic E-state index is 0.613. The second-order valence-corrected chi connectivity index (χ2v) is 4.03. The molecule has 2 aromatic rings. The third-order valence-corrected chi connectivity index (χ3v) is 2.70. The highest BCUT2D eigenvalue weighted by Gasteiger charge is 2.10. The molecule has 0 bridgehead atoms. The lowest BCUT2D eigenvalue weighted by Crippen LogP contribution is -2.02. The van der Waals surface area contributed by atoms with E-state index in [0.29, 0.717) is 5.88 Å². The molecule has 1 aromatic carbocycles. The molecule has 0 atom stereocenters. The van der Waals surface area contributed by atoms with E-state index in [2.05, 4.69) is 22.2 Å². The average Bonchev–Trinajstić information content (AvgIpc) is 2.38. The van der Waals surface area contributed by atoms with Crippen molar-refractivity contribution in [2.45, 2.75) is 20.3 Å². The van der Waals surface area contributed by atoms with Gasteiger partial charge in [-0.15, -0.1) is 0 Å². The zero-order valence-electron chi connectivity index (χ0n) is 10.9. The number of rotatable bonds is 4. The van der Waals surface area contributed by atoms with Crippen molar-refractivity contribution in [1.82, 2.24) is 9.97 Å². The fourth-order valence-electron chi connectivity index (χ4n) is 1.81.